The number of nitrogens with zero attached hydrogens (tertiary/aromatic N) is 3. The van der Waals surface area contributed by atoms with Crippen LogP contribution in [0.3, 0.4) is 0 Å². The first kappa shape index (κ1) is 26.1. The SMILES string of the molecule is COc1cc(Nc2nccc(N3CCCC(C(=O)N[C@@H](C)c4ccc(C)cc4)C3)n2)cc(OC)c1OC. The summed E-state index contributed by atoms with van der Waals surface area (Å²) in [5.41, 5.74) is 3.01. The van der Waals surface area contributed by atoms with Gasteiger partial charge in [0.25, 0.3) is 0 Å². The first-order chi connectivity index (χ1) is 17.9. The van der Waals surface area contributed by atoms with Crippen LogP contribution >= 0.6 is 0 Å². The van der Waals surface area contributed by atoms with Crippen molar-refractivity contribution in [1.29, 1.82) is 0 Å². The molecule has 9 nitrogen and oxygen atoms in total. The number of methoxy groups -OCH3 is 3. The minimum atomic E-state index is -0.108. The van der Waals surface area contributed by atoms with E-state index < -0.39 is 0 Å². The molecule has 2 heterocycles. The van der Waals surface area contributed by atoms with Crippen molar-refractivity contribution in [3.63, 3.8) is 0 Å². The molecule has 1 aromatic heterocycles. The molecule has 1 saturated heterocycles. The third kappa shape index (κ3) is 6.22. The van der Waals surface area contributed by atoms with Gasteiger partial charge in [0.1, 0.15) is 5.82 Å². The number of benzene rings is 2. The second-order valence-corrected chi connectivity index (χ2v) is 9.20. The molecule has 37 heavy (non-hydrogen) atoms. The van der Waals surface area contributed by atoms with Crippen LogP contribution < -0.4 is 29.7 Å². The monoisotopic (exact) mass is 505 g/mol. The molecule has 0 saturated carbocycles. The molecule has 3 aromatic rings. The first-order valence-corrected chi connectivity index (χ1v) is 12.4. The number of carbonyl (C=O) groups is 1. The van der Waals surface area contributed by atoms with Crippen molar-refractivity contribution in [1.82, 2.24) is 15.3 Å². The number of aromatic nitrogens is 2. The molecule has 0 aliphatic carbocycles. The zero-order valence-corrected chi connectivity index (χ0v) is 22.1. The number of piperidine rings is 1. The minimum Gasteiger partial charge on any atom is -0.493 e. The van der Waals surface area contributed by atoms with Gasteiger partial charge in [-0.3, -0.25) is 4.79 Å². The Bertz CT molecular complexity index is 1190. The Morgan fingerprint density at radius 2 is 1.76 bits per heavy atom. The van der Waals surface area contributed by atoms with Crippen molar-refractivity contribution in [3.05, 3.63) is 59.8 Å². The molecule has 0 bridgehead atoms. The molecule has 2 atom stereocenters. The van der Waals surface area contributed by atoms with Crippen LogP contribution in [0.15, 0.2) is 48.7 Å². The van der Waals surface area contributed by atoms with Gasteiger partial charge in [-0.15, -0.1) is 0 Å². The maximum absolute atomic E-state index is 13.1. The molecular weight excluding hydrogens is 470 g/mol. The summed E-state index contributed by atoms with van der Waals surface area (Å²) in [5, 5.41) is 6.41. The van der Waals surface area contributed by atoms with Crippen LogP contribution in [-0.4, -0.2) is 50.3 Å². The van der Waals surface area contributed by atoms with E-state index in [1.54, 1.807) is 39.7 Å². The lowest BCUT2D eigenvalue weighted by Crippen LogP contribution is -2.44. The summed E-state index contributed by atoms with van der Waals surface area (Å²) in [4.78, 5) is 24.3. The average molecular weight is 506 g/mol. The minimum absolute atomic E-state index is 0.0446. The summed E-state index contributed by atoms with van der Waals surface area (Å²) in [7, 11) is 4.71. The molecule has 0 radical (unpaired) electrons. The lowest BCUT2D eigenvalue weighted by atomic mass is 9.96. The molecule has 1 aliphatic heterocycles. The predicted octanol–water partition coefficient (Wildman–Crippen LogP) is 4.65. The fourth-order valence-electron chi connectivity index (χ4n) is 4.54. The molecule has 1 amide bonds. The van der Waals surface area contributed by atoms with Crippen LogP contribution in [0.5, 0.6) is 17.2 Å². The Morgan fingerprint density at radius 1 is 1.05 bits per heavy atom. The molecule has 196 valence electrons. The van der Waals surface area contributed by atoms with E-state index in [2.05, 4.69) is 51.7 Å². The molecule has 0 spiro atoms. The van der Waals surface area contributed by atoms with Gasteiger partial charge in [0, 0.05) is 37.1 Å². The lowest BCUT2D eigenvalue weighted by Gasteiger charge is -2.33. The van der Waals surface area contributed by atoms with Gasteiger partial charge in [-0.2, -0.15) is 4.98 Å². The van der Waals surface area contributed by atoms with Gasteiger partial charge in [0.05, 0.1) is 33.3 Å². The zero-order chi connectivity index (χ0) is 26.4. The van der Waals surface area contributed by atoms with E-state index in [1.807, 2.05) is 13.0 Å². The summed E-state index contributed by atoms with van der Waals surface area (Å²) >= 11 is 0. The number of anilines is 3. The summed E-state index contributed by atoms with van der Waals surface area (Å²) < 4.78 is 16.3. The number of amides is 1. The highest BCUT2D eigenvalue weighted by Gasteiger charge is 2.28. The van der Waals surface area contributed by atoms with Gasteiger partial charge < -0.3 is 29.7 Å². The van der Waals surface area contributed by atoms with Crippen molar-refractivity contribution in [2.45, 2.75) is 32.7 Å². The molecule has 1 unspecified atom stereocenters. The molecule has 1 aliphatic rings. The highest BCUT2D eigenvalue weighted by molar-refractivity contribution is 5.80. The quantitative estimate of drug-likeness (QED) is 0.434. The highest BCUT2D eigenvalue weighted by Crippen LogP contribution is 2.40. The average Bonchev–Trinajstić information content (AvgIpc) is 2.93. The van der Waals surface area contributed by atoms with Gasteiger partial charge in [0.2, 0.25) is 17.6 Å². The molecule has 2 aromatic carbocycles. The van der Waals surface area contributed by atoms with Crippen molar-refractivity contribution >= 4 is 23.4 Å². The molecular formula is C28H35N5O4. The van der Waals surface area contributed by atoms with E-state index in [0.29, 0.717) is 35.4 Å². The van der Waals surface area contributed by atoms with E-state index in [9.17, 15) is 4.79 Å². The number of hydrogen-bond donors (Lipinski definition) is 2. The van der Waals surface area contributed by atoms with E-state index in [-0.39, 0.29) is 17.9 Å². The van der Waals surface area contributed by atoms with Crippen molar-refractivity contribution in [2.75, 3.05) is 44.6 Å². The van der Waals surface area contributed by atoms with E-state index in [4.69, 9.17) is 19.2 Å². The van der Waals surface area contributed by atoms with Gasteiger partial charge in [-0.1, -0.05) is 29.8 Å². The fourth-order valence-corrected chi connectivity index (χ4v) is 4.54. The van der Waals surface area contributed by atoms with Gasteiger partial charge in [-0.05, 0) is 38.3 Å². The summed E-state index contributed by atoms with van der Waals surface area (Å²) in [6, 6.07) is 13.7. The summed E-state index contributed by atoms with van der Waals surface area (Å²) in [6.45, 7) is 5.52. The Hall–Kier alpha value is -4.01. The zero-order valence-electron chi connectivity index (χ0n) is 22.1. The molecule has 4 rings (SSSR count). The van der Waals surface area contributed by atoms with E-state index >= 15 is 0 Å². The highest BCUT2D eigenvalue weighted by atomic mass is 16.5. The first-order valence-electron chi connectivity index (χ1n) is 12.4. The Balaban J connectivity index is 1.44. The van der Waals surface area contributed by atoms with E-state index in [1.165, 1.54) is 5.56 Å². The van der Waals surface area contributed by atoms with Gasteiger partial charge in [0.15, 0.2) is 11.5 Å². The lowest BCUT2D eigenvalue weighted by molar-refractivity contribution is -0.125. The van der Waals surface area contributed by atoms with Gasteiger partial charge >= 0.3 is 0 Å². The van der Waals surface area contributed by atoms with Gasteiger partial charge in [-0.25, -0.2) is 4.98 Å². The van der Waals surface area contributed by atoms with Crippen molar-refractivity contribution in [2.24, 2.45) is 5.92 Å². The Kier molecular flexibility index (Phi) is 8.32. The Morgan fingerprint density at radius 3 is 2.41 bits per heavy atom. The smallest absolute Gasteiger partial charge is 0.229 e. The number of ether oxygens (including phenoxy) is 3. The Labute approximate surface area is 218 Å². The summed E-state index contributed by atoms with van der Waals surface area (Å²) in [5.74, 6) is 2.75. The van der Waals surface area contributed by atoms with Crippen LogP contribution in [-0.2, 0) is 4.79 Å². The summed E-state index contributed by atoms with van der Waals surface area (Å²) in [6.07, 6.45) is 3.48. The van der Waals surface area contributed by atoms with Crippen LogP contribution in [0, 0.1) is 12.8 Å². The van der Waals surface area contributed by atoms with Crippen LogP contribution in [0.1, 0.15) is 36.9 Å². The number of carbonyl (C=O) groups excluding carboxylic acids is 1. The second-order valence-electron chi connectivity index (χ2n) is 9.20. The standard InChI is InChI=1S/C28H35N5O4/c1-18-8-10-20(11-9-18)19(2)30-27(34)21-7-6-14-33(17-21)25-12-13-29-28(32-25)31-22-15-23(35-3)26(37-5)24(16-22)36-4/h8-13,15-16,19,21H,6-7,14,17H2,1-5H3,(H,30,34)(H,29,31,32)/t19-,21?/m0/s1. The number of hydrogen-bond acceptors (Lipinski definition) is 8. The van der Waals surface area contributed by atoms with Crippen LogP contribution in [0.4, 0.5) is 17.5 Å². The second kappa shape index (κ2) is 11.8. The normalized spacial score (nSPS) is 16.0. The molecule has 1 fully saturated rings. The molecule has 9 heteroatoms. The third-order valence-corrected chi connectivity index (χ3v) is 6.61. The predicted molar refractivity (Wildman–Crippen MR) is 144 cm³/mol. The van der Waals surface area contributed by atoms with Crippen LogP contribution in [0.2, 0.25) is 0 Å². The van der Waals surface area contributed by atoms with E-state index in [0.717, 1.165) is 30.8 Å². The number of aryl methyl sites for hydroxylation is 1. The fraction of sp³-hybridized carbons (Fsp3) is 0.393. The number of nitrogens with one attached hydrogen (secondary N) is 2. The maximum Gasteiger partial charge on any atom is 0.229 e. The molecule has 2 N–H and O–H groups in total. The largest absolute Gasteiger partial charge is 0.493 e. The van der Waals surface area contributed by atoms with Crippen molar-refractivity contribution < 1.29 is 19.0 Å². The van der Waals surface area contributed by atoms with Crippen LogP contribution in [0.25, 0.3) is 0 Å². The number of rotatable bonds is 9. The third-order valence-electron chi connectivity index (χ3n) is 6.61. The van der Waals surface area contributed by atoms with Crippen molar-refractivity contribution in [3.8, 4) is 17.2 Å². The topological polar surface area (TPSA) is 97.8 Å². The maximum atomic E-state index is 13.1.